The van der Waals surface area contributed by atoms with Gasteiger partial charge in [-0.2, -0.15) is 0 Å². The molecule has 2 saturated heterocycles. The number of amides is 2. The number of carbonyl (C=O) groups is 2. The molecule has 0 radical (unpaired) electrons. The number of piperidine rings is 1. The number of anilines is 1. The van der Waals surface area contributed by atoms with E-state index >= 15 is 0 Å². The van der Waals surface area contributed by atoms with Crippen molar-refractivity contribution >= 4 is 41.5 Å². The number of fused-ring (bicyclic) bond motifs is 2. The highest BCUT2D eigenvalue weighted by atomic mass is 35.5. The van der Waals surface area contributed by atoms with Gasteiger partial charge in [0, 0.05) is 36.5 Å². The van der Waals surface area contributed by atoms with E-state index in [0.717, 1.165) is 12.8 Å². The van der Waals surface area contributed by atoms with Crippen LogP contribution in [0, 0.1) is 5.92 Å². The minimum atomic E-state index is -0.189. The number of hydrogen-bond acceptors (Lipinski definition) is 4. The molecule has 0 saturated carbocycles. The van der Waals surface area contributed by atoms with Crippen LogP contribution in [0.5, 0.6) is 5.75 Å². The van der Waals surface area contributed by atoms with Crippen molar-refractivity contribution in [2.45, 2.75) is 50.6 Å². The van der Waals surface area contributed by atoms with E-state index in [0.29, 0.717) is 47.4 Å². The van der Waals surface area contributed by atoms with Crippen LogP contribution in [-0.2, 0) is 9.59 Å². The van der Waals surface area contributed by atoms with Crippen molar-refractivity contribution in [2.24, 2.45) is 5.92 Å². The van der Waals surface area contributed by atoms with E-state index in [-0.39, 0.29) is 30.6 Å². The maximum atomic E-state index is 12.1. The number of halogens is 2. The summed E-state index contributed by atoms with van der Waals surface area (Å²) in [6, 6.07) is 6.22. The van der Waals surface area contributed by atoms with Gasteiger partial charge in [0.15, 0.2) is 0 Å². The predicted molar refractivity (Wildman–Crippen MR) is 109 cm³/mol. The molecule has 3 rings (SSSR count). The lowest BCUT2D eigenvalue weighted by Gasteiger charge is -2.28. The molecule has 2 bridgehead atoms. The highest BCUT2D eigenvalue weighted by Gasteiger charge is 2.34. The highest BCUT2D eigenvalue weighted by Crippen LogP contribution is 2.32. The smallest absolute Gasteiger partial charge is 0.226 e. The summed E-state index contributed by atoms with van der Waals surface area (Å²) in [5.74, 6) is 0.848. The van der Waals surface area contributed by atoms with Crippen molar-refractivity contribution in [2.75, 3.05) is 19.0 Å². The molecule has 0 aromatic heterocycles. The summed E-state index contributed by atoms with van der Waals surface area (Å²) in [5, 5.41) is 9.73. The summed E-state index contributed by atoms with van der Waals surface area (Å²) in [6.45, 7) is 0.325. The second-order valence-electron chi connectivity index (χ2n) is 7.17. The Morgan fingerprint density at radius 3 is 2.59 bits per heavy atom. The summed E-state index contributed by atoms with van der Waals surface area (Å²) < 4.78 is 5.20. The van der Waals surface area contributed by atoms with Gasteiger partial charge in [-0.1, -0.05) is 11.6 Å². The van der Waals surface area contributed by atoms with Crippen LogP contribution in [0.1, 0.15) is 38.5 Å². The van der Waals surface area contributed by atoms with Gasteiger partial charge in [-0.05, 0) is 49.8 Å². The molecule has 2 amide bonds. The average molecular weight is 416 g/mol. The number of nitrogens with one attached hydrogen (secondary N) is 3. The minimum Gasteiger partial charge on any atom is -0.495 e. The van der Waals surface area contributed by atoms with Crippen LogP contribution in [0.25, 0.3) is 0 Å². The molecule has 2 unspecified atom stereocenters. The van der Waals surface area contributed by atoms with Gasteiger partial charge in [-0.25, -0.2) is 0 Å². The summed E-state index contributed by atoms with van der Waals surface area (Å²) in [4.78, 5) is 24.2. The van der Waals surface area contributed by atoms with E-state index in [9.17, 15) is 9.59 Å². The van der Waals surface area contributed by atoms with Crippen LogP contribution in [-0.4, -0.2) is 37.6 Å². The molecule has 2 aliphatic heterocycles. The summed E-state index contributed by atoms with van der Waals surface area (Å²) in [6.07, 6.45) is 5.39. The molecular weight excluding hydrogens is 389 g/mol. The predicted octanol–water partition coefficient (Wildman–Crippen LogP) is 3.14. The van der Waals surface area contributed by atoms with Crippen molar-refractivity contribution in [3.63, 3.8) is 0 Å². The van der Waals surface area contributed by atoms with Crippen LogP contribution in [0.4, 0.5) is 5.69 Å². The van der Waals surface area contributed by atoms with Crippen LogP contribution in [0.15, 0.2) is 18.2 Å². The van der Waals surface area contributed by atoms with E-state index in [2.05, 4.69) is 16.0 Å². The fourth-order valence-electron chi connectivity index (χ4n) is 3.98. The number of methoxy groups -OCH3 is 1. The number of benzene rings is 1. The molecule has 2 atom stereocenters. The quantitative estimate of drug-likeness (QED) is 0.638. The SMILES string of the molecule is COc1ccc(Cl)cc1NC(=O)CCNC(=O)CC1CC2CCC(C1)N2.Cl. The van der Waals surface area contributed by atoms with Gasteiger partial charge >= 0.3 is 0 Å². The number of ether oxygens (including phenoxy) is 1. The maximum absolute atomic E-state index is 12.1. The first-order valence-corrected chi connectivity index (χ1v) is 9.57. The van der Waals surface area contributed by atoms with Gasteiger partial charge in [0.05, 0.1) is 12.8 Å². The van der Waals surface area contributed by atoms with E-state index in [1.807, 2.05) is 0 Å². The largest absolute Gasteiger partial charge is 0.495 e. The number of rotatable bonds is 7. The molecule has 1 aromatic rings. The van der Waals surface area contributed by atoms with Gasteiger partial charge in [-0.3, -0.25) is 9.59 Å². The molecule has 2 aliphatic rings. The Morgan fingerprint density at radius 2 is 1.93 bits per heavy atom. The molecular formula is C19H27Cl2N3O3. The third-order valence-corrected chi connectivity index (χ3v) is 5.39. The van der Waals surface area contributed by atoms with Gasteiger partial charge < -0.3 is 20.7 Å². The lowest BCUT2D eigenvalue weighted by Crippen LogP contribution is -2.40. The molecule has 0 spiro atoms. The van der Waals surface area contributed by atoms with Crippen LogP contribution < -0.4 is 20.7 Å². The van der Waals surface area contributed by atoms with Crippen molar-refractivity contribution in [1.82, 2.24) is 10.6 Å². The average Bonchev–Trinajstić information content (AvgIpc) is 2.93. The Balaban J connectivity index is 0.00000261. The first kappa shape index (κ1) is 21.8. The normalized spacial score (nSPS) is 23.3. The van der Waals surface area contributed by atoms with Gasteiger partial charge in [0.25, 0.3) is 0 Å². The maximum Gasteiger partial charge on any atom is 0.226 e. The summed E-state index contributed by atoms with van der Waals surface area (Å²) in [5.41, 5.74) is 0.529. The fraction of sp³-hybridized carbons (Fsp3) is 0.579. The first-order valence-electron chi connectivity index (χ1n) is 9.19. The molecule has 6 nitrogen and oxygen atoms in total. The molecule has 3 N–H and O–H groups in total. The monoisotopic (exact) mass is 415 g/mol. The topological polar surface area (TPSA) is 79.5 Å². The molecule has 8 heteroatoms. The molecule has 2 fully saturated rings. The number of carbonyl (C=O) groups excluding carboxylic acids is 2. The molecule has 2 heterocycles. The molecule has 27 heavy (non-hydrogen) atoms. The first-order chi connectivity index (χ1) is 12.5. The van der Waals surface area contributed by atoms with Gasteiger partial charge in [0.1, 0.15) is 5.75 Å². The second kappa shape index (κ2) is 10.2. The Labute approximate surface area is 171 Å². The Bertz CT molecular complexity index is 660. The van der Waals surface area contributed by atoms with Crippen molar-refractivity contribution in [3.8, 4) is 5.75 Å². The zero-order valence-electron chi connectivity index (χ0n) is 15.4. The Hall–Kier alpha value is -1.50. The zero-order valence-corrected chi connectivity index (χ0v) is 17.0. The van der Waals surface area contributed by atoms with Crippen LogP contribution in [0.3, 0.4) is 0 Å². The van der Waals surface area contributed by atoms with Gasteiger partial charge in [0.2, 0.25) is 11.8 Å². The summed E-state index contributed by atoms with van der Waals surface area (Å²) in [7, 11) is 1.53. The van der Waals surface area contributed by atoms with E-state index in [1.165, 1.54) is 20.0 Å². The van der Waals surface area contributed by atoms with E-state index in [1.54, 1.807) is 18.2 Å². The Morgan fingerprint density at radius 1 is 1.22 bits per heavy atom. The van der Waals surface area contributed by atoms with Crippen LogP contribution in [0.2, 0.25) is 5.02 Å². The van der Waals surface area contributed by atoms with Crippen molar-refractivity contribution < 1.29 is 14.3 Å². The summed E-state index contributed by atoms with van der Waals surface area (Å²) >= 11 is 5.95. The minimum absolute atomic E-state index is 0. The Kier molecular flexibility index (Phi) is 8.20. The lowest BCUT2D eigenvalue weighted by molar-refractivity contribution is -0.122. The standard InChI is InChI=1S/C19H26ClN3O3.ClH/c1-26-17-5-2-13(20)11-16(17)23-18(24)6-7-21-19(25)10-12-8-14-3-4-15(9-12)22-14;/h2,5,11-12,14-15,22H,3-4,6-10H2,1H3,(H,21,25)(H,23,24);1H. The lowest BCUT2D eigenvalue weighted by atomic mass is 9.89. The van der Waals surface area contributed by atoms with Crippen molar-refractivity contribution in [1.29, 1.82) is 0 Å². The third-order valence-electron chi connectivity index (χ3n) is 5.15. The van der Waals surface area contributed by atoms with Crippen molar-refractivity contribution in [3.05, 3.63) is 23.2 Å². The number of hydrogen-bond donors (Lipinski definition) is 3. The fourth-order valence-corrected chi connectivity index (χ4v) is 4.15. The highest BCUT2D eigenvalue weighted by molar-refractivity contribution is 6.31. The zero-order chi connectivity index (χ0) is 18.5. The van der Waals surface area contributed by atoms with Crippen LogP contribution >= 0.6 is 24.0 Å². The molecule has 0 aliphatic carbocycles. The van der Waals surface area contributed by atoms with E-state index in [4.69, 9.17) is 16.3 Å². The molecule has 150 valence electrons. The second-order valence-corrected chi connectivity index (χ2v) is 7.61. The van der Waals surface area contributed by atoms with E-state index < -0.39 is 0 Å². The third kappa shape index (κ3) is 6.26. The van der Waals surface area contributed by atoms with Gasteiger partial charge in [-0.15, -0.1) is 12.4 Å². The molecule has 1 aromatic carbocycles.